The summed E-state index contributed by atoms with van der Waals surface area (Å²) >= 11 is 0. The Hall–Kier alpha value is -1.53. The molecule has 0 amide bonds. The molecule has 0 aliphatic rings. The van der Waals surface area contributed by atoms with E-state index in [1.54, 1.807) is 6.08 Å². The number of nitrogens with two attached hydrogens (primary N) is 2. The Morgan fingerprint density at radius 3 is 2.12 bits per heavy atom. The van der Waals surface area contributed by atoms with Gasteiger partial charge >= 0.3 is 0 Å². The van der Waals surface area contributed by atoms with Crippen molar-refractivity contribution >= 4 is 21.5 Å². The van der Waals surface area contributed by atoms with Crippen LogP contribution in [0.5, 0.6) is 0 Å². The monoisotopic (exact) mass is 244 g/mol. The normalized spacial score (nSPS) is 10.2. The number of hydrogen-bond donors (Lipinski definition) is 3. The predicted molar refractivity (Wildman–Crippen MR) is 65.7 cm³/mol. The molecule has 16 heavy (non-hydrogen) atoms. The minimum Gasteiger partial charge on any atom is -0.397 e. The highest BCUT2D eigenvalue weighted by atomic mass is 32.2. The van der Waals surface area contributed by atoms with Crippen molar-refractivity contribution in [2.75, 3.05) is 11.5 Å². The van der Waals surface area contributed by atoms with Crippen LogP contribution >= 0.6 is 0 Å². The zero-order valence-electron chi connectivity index (χ0n) is 9.27. The number of benzene rings is 1. The third-order valence-electron chi connectivity index (χ3n) is 1.68. The Kier molecular flexibility index (Phi) is 5.00. The van der Waals surface area contributed by atoms with Crippen LogP contribution in [0.15, 0.2) is 29.7 Å². The molecule has 0 aromatic heterocycles. The quantitative estimate of drug-likeness (QED) is 0.395. The summed E-state index contributed by atoms with van der Waals surface area (Å²) in [5, 5.41) is 0. The molecule has 6 heteroatoms. The van der Waals surface area contributed by atoms with Crippen LogP contribution in [0, 0.1) is 6.92 Å². The van der Waals surface area contributed by atoms with Gasteiger partial charge in [-0.15, -0.1) is 6.58 Å². The molecule has 0 fully saturated rings. The predicted octanol–water partition coefficient (Wildman–Crippen LogP) is 1.60. The average molecular weight is 244 g/mol. The molecular weight excluding hydrogens is 228 g/mol. The first-order valence-corrected chi connectivity index (χ1v) is 5.88. The average Bonchev–Trinajstić information content (AvgIpc) is 2.11. The summed E-state index contributed by atoms with van der Waals surface area (Å²) in [5.41, 5.74) is 11.2. The Bertz CT molecular complexity index is 481. The standard InChI is InChI=1S/C7H10N2O3S.C3H6/c1-4-2-3-5(8)6(9)7(4)13(10,11)12;1-3-2/h2-3H,8-9H2,1H3,(H,10,11,12);3H,1H2,2H3. The van der Waals surface area contributed by atoms with Gasteiger partial charge in [0.1, 0.15) is 4.90 Å². The van der Waals surface area contributed by atoms with Gasteiger partial charge in [0.05, 0.1) is 11.4 Å². The van der Waals surface area contributed by atoms with Crippen molar-refractivity contribution in [1.29, 1.82) is 0 Å². The van der Waals surface area contributed by atoms with E-state index in [2.05, 4.69) is 6.58 Å². The van der Waals surface area contributed by atoms with Crippen LogP contribution in [-0.2, 0) is 10.1 Å². The maximum Gasteiger partial charge on any atom is 0.296 e. The number of rotatable bonds is 1. The van der Waals surface area contributed by atoms with Crippen molar-refractivity contribution in [2.24, 2.45) is 0 Å². The van der Waals surface area contributed by atoms with Crippen molar-refractivity contribution in [3.05, 3.63) is 30.4 Å². The summed E-state index contributed by atoms with van der Waals surface area (Å²) < 4.78 is 30.5. The topological polar surface area (TPSA) is 106 Å². The molecule has 0 aliphatic carbocycles. The van der Waals surface area contributed by atoms with Gasteiger partial charge in [0.25, 0.3) is 10.1 Å². The largest absolute Gasteiger partial charge is 0.397 e. The fraction of sp³-hybridized carbons (Fsp3) is 0.200. The van der Waals surface area contributed by atoms with E-state index in [4.69, 9.17) is 16.0 Å². The van der Waals surface area contributed by atoms with Gasteiger partial charge in [0.15, 0.2) is 0 Å². The second-order valence-corrected chi connectivity index (χ2v) is 4.46. The Balaban J connectivity index is 0.000000673. The second-order valence-electron chi connectivity index (χ2n) is 3.10. The summed E-state index contributed by atoms with van der Waals surface area (Å²) in [7, 11) is -4.29. The fourth-order valence-corrected chi connectivity index (χ4v) is 1.94. The van der Waals surface area contributed by atoms with Crippen LogP contribution in [-0.4, -0.2) is 13.0 Å². The van der Waals surface area contributed by atoms with E-state index in [-0.39, 0.29) is 16.3 Å². The summed E-state index contributed by atoms with van der Waals surface area (Å²) in [4.78, 5) is -0.312. The van der Waals surface area contributed by atoms with Crippen molar-refractivity contribution in [3.63, 3.8) is 0 Å². The molecule has 0 saturated carbocycles. The molecule has 1 aromatic rings. The zero-order chi connectivity index (χ0) is 12.9. The SMILES string of the molecule is C=CC.Cc1ccc(N)c(N)c1S(=O)(=O)O. The fourth-order valence-electron chi connectivity index (χ4n) is 1.07. The summed E-state index contributed by atoms with van der Waals surface area (Å²) in [6.07, 6.45) is 1.75. The van der Waals surface area contributed by atoms with Crippen molar-refractivity contribution in [1.82, 2.24) is 0 Å². The van der Waals surface area contributed by atoms with Crippen LogP contribution in [0.2, 0.25) is 0 Å². The molecule has 1 aromatic carbocycles. The first-order chi connectivity index (χ1) is 7.25. The highest BCUT2D eigenvalue weighted by molar-refractivity contribution is 7.86. The number of nitrogen functional groups attached to an aromatic ring is 2. The Morgan fingerprint density at radius 2 is 1.81 bits per heavy atom. The minimum atomic E-state index is -4.29. The van der Waals surface area contributed by atoms with E-state index in [1.165, 1.54) is 19.1 Å². The van der Waals surface area contributed by atoms with E-state index in [9.17, 15) is 8.42 Å². The van der Waals surface area contributed by atoms with E-state index in [0.29, 0.717) is 5.56 Å². The molecule has 90 valence electrons. The lowest BCUT2D eigenvalue weighted by atomic mass is 10.2. The summed E-state index contributed by atoms with van der Waals surface area (Å²) in [6, 6.07) is 2.97. The van der Waals surface area contributed by atoms with Crippen molar-refractivity contribution in [3.8, 4) is 0 Å². The Labute approximate surface area is 95.5 Å². The van der Waals surface area contributed by atoms with Gasteiger partial charge in [-0.3, -0.25) is 4.55 Å². The second kappa shape index (κ2) is 5.53. The van der Waals surface area contributed by atoms with Crippen molar-refractivity contribution < 1.29 is 13.0 Å². The van der Waals surface area contributed by atoms with Gasteiger partial charge in [-0.25, -0.2) is 0 Å². The van der Waals surface area contributed by atoms with Crippen LogP contribution in [0.3, 0.4) is 0 Å². The van der Waals surface area contributed by atoms with Gasteiger partial charge in [-0.1, -0.05) is 12.1 Å². The van der Waals surface area contributed by atoms with Gasteiger partial charge in [0.2, 0.25) is 0 Å². The van der Waals surface area contributed by atoms with Crippen LogP contribution in [0.1, 0.15) is 12.5 Å². The third kappa shape index (κ3) is 3.56. The molecule has 0 radical (unpaired) electrons. The lowest BCUT2D eigenvalue weighted by Gasteiger charge is -2.07. The van der Waals surface area contributed by atoms with E-state index in [1.807, 2.05) is 6.92 Å². The Morgan fingerprint density at radius 1 is 1.38 bits per heavy atom. The third-order valence-corrected chi connectivity index (χ3v) is 2.74. The highest BCUT2D eigenvalue weighted by Crippen LogP contribution is 2.27. The van der Waals surface area contributed by atoms with Crippen LogP contribution in [0.4, 0.5) is 11.4 Å². The highest BCUT2D eigenvalue weighted by Gasteiger charge is 2.18. The van der Waals surface area contributed by atoms with Crippen LogP contribution < -0.4 is 11.5 Å². The number of aryl methyl sites for hydroxylation is 1. The molecular formula is C10H16N2O3S. The molecule has 1 rings (SSSR count). The molecule has 0 saturated heterocycles. The molecule has 0 heterocycles. The van der Waals surface area contributed by atoms with Crippen molar-refractivity contribution in [2.45, 2.75) is 18.7 Å². The molecule has 0 aliphatic heterocycles. The summed E-state index contributed by atoms with van der Waals surface area (Å²) in [6.45, 7) is 6.78. The summed E-state index contributed by atoms with van der Waals surface area (Å²) in [5.74, 6) is 0. The van der Waals surface area contributed by atoms with E-state index >= 15 is 0 Å². The lowest BCUT2D eigenvalue weighted by Crippen LogP contribution is -2.07. The van der Waals surface area contributed by atoms with E-state index < -0.39 is 10.1 Å². The lowest BCUT2D eigenvalue weighted by molar-refractivity contribution is 0.483. The van der Waals surface area contributed by atoms with E-state index in [0.717, 1.165) is 0 Å². The van der Waals surface area contributed by atoms with Gasteiger partial charge in [-0.05, 0) is 25.5 Å². The molecule has 0 unspecified atom stereocenters. The minimum absolute atomic E-state index is 0.109. The smallest absolute Gasteiger partial charge is 0.296 e. The number of anilines is 2. The number of allylic oxidation sites excluding steroid dienone is 1. The molecule has 0 spiro atoms. The zero-order valence-corrected chi connectivity index (χ0v) is 10.1. The first-order valence-electron chi connectivity index (χ1n) is 4.44. The molecule has 0 bridgehead atoms. The maximum atomic E-state index is 10.8. The van der Waals surface area contributed by atoms with Gasteiger partial charge in [0, 0.05) is 0 Å². The number of hydrogen-bond acceptors (Lipinski definition) is 4. The maximum absolute atomic E-state index is 10.8. The van der Waals surface area contributed by atoms with Crippen LogP contribution in [0.25, 0.3) is 0 Å². The van der Waals surface area contributed by atoms with Gasteiger partial charge in [-0.2, -0.15) is 8.42 Å². The van der Waals surface area contributed by atoms with Gasteiger partial charge < -0.3 is 11.5 Å². The molecule has 0 atom stereocenters. The first kappa shape index (κ1) is 14.5. The molecule has 5 nitrogen and oxygen atoms in total. The molecule has 5 N–H and O–H groups in total.